The number of fused-ring (bicyclic) bond motifs is 1. The molecule has 5 nitrogen and oxygen atoms in total. The third-order valence-corrected chi connectivity index (χ3v) is 5.50. The van der Waals surface area contributed by atoms with Gasteiger partial charge in [-0.25, -0.2) is 4.39 Å². The second kappa shape index (κ2) is 11.0. The minimum atomic E-state index is -0.292. The van der Waals surface area contributed by atoms with Crippen molar-refractivity contribution in [2.45, 2.75) is 25.3 Å². The van der Waals surface area contributed by atoms with Gasteiger partial charge in [0.1, 0.15) is 16.5 Å². The molecule has 1 heterocycles. The summed E-state index contributed by atoms with van der Waals surface area (Å²) in [4.78, 5) is 12.1. The van der Waals surface area contributed by atoms with Gasteiger partial charge in [-0.05, 0) is 36.6 Å². The van der Waals surface area contributed by atoms with Crippen LogP contribution in [0, 0.1) is 11.7 Å². The molecule has 0 saturated heterocycles. The highest BCUT2D eigenvalue weighted by atomic mass is 32.2. The first kappa shape index (κ1) is 22.2. The van der Waals surface area contributed by atoms with Gasteiger partial charge in [0.25, 0.3) is 0 Å². The molecular weight excluding hydrogens is 401 g/mol. The van der Waals surface area contributed by atoms with Crippen molar-refractivity contribution in [3.63, 3.8) is 0 Å². The van der Waals surface area contributed by atoms with E-state index in [9.17, 15) is 9.18 Å². The molecular formula is C23H26FN3O2S. The molecule has 1 N–H and O–H groups in total. The van der Waals surface area contributed by atoms with Crippen LogP contribution in [0.3, 0.4) is 0 Å². The van der Waals surface area contributed by atoms with Crippen LogP contribution in [-0.4, -0.2) is 41.6 Å². The Balaban J connectivity index is 1.60. The first-order valence-electron chi connectivity index (χ1n) is 10.0. The van der Waals surface area contributed by atoms with E-state index in [4.69, 9.17) is 4.74 Å². The Bertz CT molecular complexity index is 980. The van der Waals surface area contributed by atoms with E-state index >= 15 is 0 Å². The Labute approximate surface area is 180 Å². The van der Waals surface area contributed by atoms with E-state index in [1.807, 2.05) is 24.3 Å². The number of nitrogens with one attached hydrogen (secondary N) is 1. The van der Waals surface area contributed by atoms with Crippen molar-refractivity contribution in [1.82, 2.24) is 15.5 Å². The second-order valence-corrected chi connectivity index (χ2v) is 8.30. The molecule has 0 unspecified atom stereocenters. The molecule has 0 spiro atoms. The summed E-state index contributed by atoms with van der Waals surface area (Å²) in [6.07, 6.45) is 1.02. The maximum absolute atomic E-state index is 13.3. The van der Waals surface area contributed by atoms with Crippen LogP contribution in [-0.2, 0) is 9.53 Å². The monoisotopic (exact) mass is 427 g/mol. The average Bonchev–Trinajstić information content (AvgIpc) is 2.75. The Morgan fingerprint density at radius 1 is 1.07 bits per heavy atom. The molecule has 0 aliphatic rings. The van der Waals surface area contributed by atoms with Gasteiger partial charge in [0.15, 0.2) is 0 Å². The molecule has 0 atom stereocenters. The summed E-state index contributed by atoms with van der Waals surface area (Å²) in [5, 5.41) is 14.1. The number of hydrogen-bond donors (Lipinski definition) is 1. The Morgan fingerprint density at radius 2 is 1.80 bits per heavy atom. The van der Waals surface area contributed by atoms with E-state index in [0.717, 1.165) is 22.8 Å². The number of benzene rings is 2. The molecule has 0 radical (unpaired) electrons. The number of carbonyl (C=O) groups excluding carboxylic acids is 1. The van der Waals surface area contributed by atoms with Crippen molar-refractivity contribution in [3.8, 4) is 11.3 Å². The van der Waals surface area contributed by atoms with Gasteiger partial charge >= 0.3 is 0 Å². The number of halogens is 1. The molecule has 1 amide bonds. The zero-order valence-electron chi connectivity index (χ0n) is 17.2. The highest BCUT2D eigenvalue weighted by Crippen LogP contribution is 2.31. The molecule has 2 aromatic carbocycles. The lowest BCUT2D eigenvalue weighted by Gasteiger charge is -2.10. The number of aromatic nitrogens is 2. The minimum absolute atomic E-state index is 0.0686. The summed E-state index contributed by atoms with van der Waals surface area (Å²) in [6, 6.07) is 14.0. The van der Waals surface area contributed by atoms with Crippen molar-refractivity contribution < 1.29 is 13.9 Å². The fourth-order valence-electron chi connectivity index (χ4n) is 2.88. The zero-order chi connectivity index (χ0) is 21.3. The molecule has 7 heteroatoms. The lowest BCUT2D eigenvalue weighted by atomic mass is 10.1. The smallest absolute Gasteiger partial charge is 0.230 e. The third-order valence-electron chi connectivity index (χ3n) is 4.52. The van der Waals surface area contributed by atoms with Crippen LogP contribution < -0.4 is 5.32 Å². The van der Waals surface area contributed by atoms with Crippen LogP contribution in [0.25, 0.3) is 22.0 Å². The first-order chi connectivity index (χ1) is 14.5. The molecule has 1 aromatic heterocycles. The summed E-state index contributed by atoms with van der Waals surface area (Å²) >= 11 is 1.35. The number of nitrogens with zero attached hydrogens (tertiary/aromatic N) is 2. The number of amides is 1. The van der Waals surface area contributed by atoms with Gasteiger partial charge in [-0.1, -0.05) is 49.9 Å². The second-order valence-electron chi connectivity index (χ2n) is 7.34. The van der Waals surface area contributed by atoms with Crippen molar-refractivity contribution in [2.24, 2.45) is 5.92 Å². The van der Waals surface area contributed by atoms with Crippen LogP contribution in [0.4, 0.5) is 4.39 Å². The largest absolute Gasteiger partial charge is 0.380 e. The van der Waals surface area contributed by atoms with Gasteiger partial charge in [-0.2, -0.15) is 0 Å². The van der Waals surface area contributed by atoms with Gasteiger partial charge in [-0.15, -0.1) is 10.2 Å². The summed E-state index contributed by atoms with van der Waals surface area (Å²) in [5.74, 6) is 0.502. The van der Waals surface area contributed by atoms with Crippen LogP contribution in [0.15, 0.2) is 53.6 Å². The third kappa shape index (κ3) is 6.24. The SMILES string of the molecule is CC(C)CCOCCNC(=O)CSc1nnc(-c2ccc(F)cc2)c2ccccc12. The fraction of sp³-hybridized carbons (Fsp3) is 0.348. The van der Waals surface area contributed by atoms with E-state index in [-0.39, 0.29) is 17.5 Å². The number of carbonyl (C=O) groups is 1. The summed E-state index contributed by atoms with van der Waals surface area (Å²) in [7, 11) is 0. The molecule has 0 saturated carbocycles. The standard InChI is InChI=1S/C23H26FN3O2S/c1-16(2)11-13-29-14-12-25-21(28)15-30-23-20-6-4-3-5-19(20)22(26-27-23)17-7-9-18(24)10-8-17/h3-10,16H,11-15H2,1-2H3,(H,25,28). The molecule has 3 rings (SSSR count). The lowest BCUT2D eigenvalue weighted by Crippen LogP contribution is -2.28. The predicted octanol–water partition coefficient (Wildman–Crippen LogP) is 4.71. The normalized spacial score (nSPS) is 11.2. The maximum Gasteiger partial charge on any atom is 0.230 e. The number of thioether (sulfide) groups is 1. The van der Waals surface area contributed by atoms with Crippen molar-refractivity contribution in [1.29, 1.82) is 0 Å². The van der Waals surface area contributed by atoms with Crippen molar-refractivity contribution >= 4 is 28.4 Å². The maximum atomic E-state index is 13.3. The van der Waals surface area contributed by atoms with Crippen molar-refractivity contribution in [3.05, 3.63) is 54.3 Å². The van der Waals surface area contributed by atoms with Gasteiger partial charge < -0.3 is 10.1 Å². The van der Waals surface area contributed by atoms with Gasteiger partial charge in [0.05, 0.1) is 12.4 Å². The topological polar surface area (TPSA) is 64.1 Å². The summed E-state index contributed by atoms with van der Waals surface area (Å²) in [6.45, 7) is 6.03. The quantitative estimate of drug-likeness (QED) is 0.375. The van der Waals surface area contributed by atoms with Gasteiger partial charge in [-0.3, -0.25) is 4.79 Å². The molecule has 0 bridgehead atoms. The average molecular weight is 428 g/mol. The molecule has 0 fully saturated rings. The Morgan fingerprint density at radius 3 is 2.53 bits per heavy atom. The molecule has 30 heavy (non-hydrogen) atoms. The highest BCUT2D eigenvalue weighted by molar-refractivity contribution is 8.00. The Hall–Kier alpha value is -2.51. The van der Waals surface area contributed by atoms with Gasteiger partial charge in [0.2, 0.25) is 5.91 Å². The fourth-order valence-corrected chi connectivity index (χ4v) is 3.68. The first-order valence-corrected chi connectivity index (χ1v) is 11.0. The Kier molecular flexibility index (Phi) is 8.16. The van der Waals surface area contributed by atoms with Crippen LogP contribution in [0.1, 0.15) is 20.3 Å². The van der Waals surface area contributed by atoms with Crippen LogP contribution in [0.2, 0.25) is 0 Å². The molecule has 0 aliphatic carbocycles. The zero-order valence-corrected chi connectivity index (χ0v) is 18.0. The molecule has 158 valence electrons. The predicted molar refractivity (Wildman–Crippen MR) is 119 cm³/mol. The number of hydrogen-bond acceptors (Lipinski definition) is 5. The van der Waals surface area contributed by atoms with E-state index in [2.05, 4.69) is 29.4 Å². The number of rotatable bonds is 10. The molecule has 3 aromatic rings. The van der Waals surface area contributed by atoms with Crippen LogP contribution in [0.5, 0.6) is 0 Å². The van der Waals surface area contributed by atoms with Gasteiger partial charge in [0, 0.05) is 29.5 Å². The highest BCUT2D eigenvalue weighted by Gasteiger charge is 2.13. The lowest BCUT2D eigenvalue weighted by molar-refractivity contribution is -0.118. The molecule has 0 aliphatic heterocycles. The minimum Gasteiger partial charge on any atom is -0.380 e. The van der Waals surface area contributed by atoms with E-state index in [0.29, 0.717) is 36.4 Å². The van der Waals surface area contributed by atoms with E-state index < -0.39 is 0 Å². The summed E-state index contributed by atoms with van der Waals surface area (Å²) in [5.41, 5.74) is 1.49. The van der Waals surface area contributed by atoms with Crippen molar-refractivity contribution in [2.75, 3.05) is 25.5 Å². The summed E-state index contributed by atoms with van der Waals surface area (Å²) < 4.78 is 18.8. The number of ether oxygens (including phenoxy) is 1. The van der Waals surface area contributed by atoms with E-state index in [1.165, 1.54) is 23.9 Å². The van der Waals surface area contributed by atoms with E-state index in [1.54, 1.807) is 12.1 Å². The van der Waals surface area contributed by atoms with Crippen LogP contribution >= 0.6 is 11.8 Å².